The van der Waals surface area contributed by atoms with Crippen LogP contribution in [0.4, 0.5) is 4.39 Å². The summed E-state index contributed by atoms with van der Waals surface area (Å²) in [5, 5.41) is 12.7. The van der Waals surface area contributed by atoms with Crippen LogP contribution in [0.1, 0.15) is 15.9 Å². The van der Waals surface area contributed by atoms with Gasteiger partial charge in [-0.05, 0) is 18.2 Å². The van der Waals surface area contributed by atoms with Gasteiger partial charge in [-0.1, -0.05) is 0 Å². The van der Waals surface area contributed by atoms with E-state index in [1.165, 1.54) is 18.3 Å². The Morgan fingerprint density at radius 3 is 2.94 bits per heavy atom. The Hall–Kier alpha value is -2.37. The van der Waals surface area contributed by atoms with E-state index in [-0.39, 0.29) is 17.7 Å². The Morgan fingerprint density at radius 2 is 2.33 bits per heavy atom. The van der Waals surface area contributed by atoms with Crippen molar-refractivity contribution in [1.29, 1.82) is 0 Å². The highest BCUT2D eigenvalue weighted by Crippen LogP contribution is 2.15. The second-order valence-corrected chi connectivity index (χ2v) is 3.75. The van der Waals surface area contributed by atoms with Gasteiger partial charge >= 0.3 is 5.97 Å². The highest BCUT2D eigenvalue weighted by molar-refractivity contribution is 5.87. The van der Waals surface area contributed by atoms with Crippen LogP contribution in [-0.2, 0) is 13.7 Å². The molecule has 0 unspecified atom stereocenters. The summed E-state index contributed by atoms with van der Waals surface area (Å²) in [4.78, 5) is 10.8. The molecular formula is C12H11FN2O3. The molecule has 0 aliphatic carbocycles. The van der Waals surface area contributed by atoms with Crippen molar-refractivity contribution in [3.63, 3.8) is 0 Å². The number of carbonyl (C=O) groups is 1. The van der Waals surface area contributed by atoms with Gasteiger partial charge in [-0.2, -0.15) is 5.10 Å². The number of carboxylic acids is 1. The largest absolute Gasteiger partial charge is 0.486 e. The Kier molecular flexibility index (Phi) is 3.27. The summed E-state index contributed by atoms with van der Waals surface area (Å²) < 4.78 is 20.3. The lowest BCUT2D eigenvalue weighted by Crippen LogP contribution is -2.02. The number of ether oxygens (including phenoxy) is 1. The molecule has 94 valence electrons. The number of aromatic nitrogens is 2. The van der Waals surface area contributed by atoms with Crippen LogP contribution in [0, 0.1) is 5.82 Å². The predicted molar refractivity (Wildman–Crippen MR) is 60.9 cm³/mol. The fourth-order valence-corrected chi connectivity index (χ4v) is 1.45. The molecule has 6 heteroatoms. The minimum absolute atomic E-state index is 0.0289. The SMILES string of the molecule is Cn1cc(OCc2cc(C(=O)O)ccc2F)cn1. The summed E-state index contributed by atoms with van der Waals surface area (Å²) in [6, 6.07) is 3.59. The molecule has 0 saturated heterocycles. The lowest BCUT2D eigenvalue weighted by Gasteiger charge is -2.05. The first-order valence-corrected chi connectivity index (χ1v) is 5.19. The summed E-state index contributed by atoms with van der Waals surface area (Å²) in [5.41, 5.74) is 0.222. The Balaban J connectivity index is 2.13. The molecule has 1 N–H and O–H groups in total. The molecule has 0 atom stereocenters. The zero-order chi connectivity index (χ0) is 13.1. The van der Waals surface area contributed by atoms with E-state index in [4.69, 9.17) is 9.84 Å². The molecule has 0 fully saturated rings. The molecule has 0 aliphatic heterocycles. The van der Waals surface area contributed by atoms with Crippen molar-refractivity contribution in [2.45, 2.75) is 6.61 Å². The molecule has 1 heterocycles. The van der Waals surface area contributed by atoms with E-state index in [2.05, 4.69) is 5.10 Å². The first-order chi connectivity index (χ1) is 8.56. The number of hydrogen-bond donors (Lipinski definition) is 1. The standard InChI is InChI=1S/C12H11FN2O3/c1-15-6-10(5-14-15)18-7-9-4-8(12(16)17)2-3-11(9)13/h2-6H,7H2,1H3,(H,16,17). The molecule has 0 saturated carbocycles. The lowest BCUT2D eigenvalue weighted by atomic mass is 10.1. The van der Waals surface area contributed by atoms with Crippen molar-refractivity contribution in [2.75, 3.05) is 0 Å². The maximum atomic E-state index is 13.4. The van der Waals surface area contributed by atoms with Crippen molar-refractivity contribution in [3.8, 4) is 5.75 Å². The zero-order valence-corrected chi connectivity index (χ0v) is 9.63. The predicted octanol–water partition coefficient (Wildman–Crippen LogP) is 1.84. The number of hydrogen-bond acceptors (Lipinski definition) is 3. The molecule has 1 aromatic heterocycles. The molecule has 0 radical (unpaired) electrons. The summed E-state index contributed by atoms with van der Waals surface area (Å²) >= 11 is 0. The van der Waals surface area contributed by atoms with Gasteiger partial charge < -0.3 is 9.84 Å². The van der Waals surface area contributed by atoms with E-state index in [0.717, 1.165) is 6.07 Å². The van der Waals surface area contributed by atoms with Crippen molar-refractivity contribution in [2.24, 2.45) is 7.05 Å². The molecule has 2 aromatic rings. The summed E-state index contributed by atoms with van der Waals surface area (Å²) in [7, 11) is 1.73. The quantitative estimate of drug-likeness (QED) is 0.899. The number of aryl methyl sites for hydroxylation is 1. The molecule has 1 aromatic carbocycles. The molecular weight excluding hydrogens is 239 g/mol. The van der Waals surface area contributed by atoms with Crippen LogP contribution < -0.4 is 4.74 Å². The van der Waals surface area contributed by atoms with Crippen LogP contribution in [0.2, 0.25) is 0 Å². The zero-order valence-electron chi connectivity index (χ0n) is 9.63. The molecule has 0 aliphatic rings. The van der Waals surface area contributed by atoms with E-state index in [1.807, 2.05) is 0 Å². The van der Waals surface area contributed by atoms with Gasteiger partial charge in [-0.3, -0.25) is 4.68 Å². The van der Waals surface area contributed by atoms with Gasteiger partial charge in [-0.25, -0.2) is 9.18 Å². The first-order valence-electron chi connectivity index (χ1n) is 5.19. The average molecular weight is 250 g/mol. The van der Waals surface area contributed by atoms with Gasteiger partial charge in [0.1, 0.15) is 12.4 Å². The maximum absolute atomic E-state index is 13.4. The van der Waals surface area contributed by atoms with E-state index in [1.54, 1.807) is 17.9 Å². The van der Waals surface area contributed by atoms with E-state index < -0.39 is 11.8 Å². The molecule has 0 bridgehead atoms. The van der Waals surface area contributed by atoms with Crippen LogP contribution >= 0.6 is 0 Å². The van der Waals surface area contributed by atoms with Crippen LogP contribution in [0.15, 0.2) is 30.6 Å². The summed E-state index contributed by atoms with van der Waals surface area (Å²) in [5.74, 6) is -1.10. The number of carboxylic acid groups (broad SMARTS) is 1. The van der Waals surface area contributed by atoms with Crippen LogP contribution in [0.3, 0.4) is 0 Å². The highest BCUT2D eigenvalue weighted by Gasteiger charge is 2.09. The number of halogens is 1. The summed E-state index contributed by atoms with van der Waals surface area (Å²) in [6.07, 6.45) is 3.14. The smallest absolute Gasteiger partial charge is 0.335 e. The van der Waals surface area contributed by atoms with E-state index in [9.17, 15) is 9.18 Å². The minimum atomic E-state index is -1.10. The number of rotatable bonds is 4. The Bertz CT molecular complexity index is 580. The number of nitrogens with zero attached hydrogens (tertiary/aromatic N) is 2. The Morgan fingerprint density at radius 1 is 1.56 bits per heavy atom. The molecule has 0 amide bonds. The number of benzene rings is 1. The third-order valence-electron chi connectivity index (χ3n) is 2.37. The van der Waals surface area contributed by atoms with Crippen LogP contribution in [0.5, 0.6) is 5.75 Å². The van der Waals surface area contributed by atoms with Gasteiger partial charge in [0.25, 0.3) is 0 Å². The van der Waals surface area contributed by atoms with Gasteiger partial charge in [-0.15, -0.1) is 0 Å². The second-order valence-electron chi connectivity index (χ2n) is 3.75. The van der Waals surface area contributed by atoms with Crippen LogP contribution in [-0.4, -0.2) is 20.9 Å². The van der Waals surface area contributed by atoms with Crippen molar-refractivity contribution >= 4 is 5.97 Å². The molecule has 5 nitrogen and oxygen atoms in total. The monoisotopic (exact) mass is 250 g/mol. The van der Waals surface area contributed by atoms with Crippen LogP contribution in [0.25, 0.3) is 0 Å². The second kappa shape index (κ2) is 4.87. The van der Waals surface area contributed by atoms with Gasteiger partial charge in [0.05, 0.1) is 18.0 Å². The minimum Gasteiger partial charge on any atom is -0.486 e. The third-order valence-corrected chi connectivity index (χ3v) is 2.37. The maximum Gasteiger partial charge on any atom is 0.335 e. The molecule has 0 spiro atoms. The normalized spacial score (nSPS) is 10.3. The summed E-state index contributed by atoms with van der Waals surface area (Å²) in [6.45, 7) is -0.0430. The fourth-order valence-electron chi connectivity index (χ4n) is 1.45. The van der Waals surface area contributed by atoms with Gasteiger partial charge in [0.2, 0.25) is 0 Å². The van der Waals surface area contributed by atoms with Gasteiger partial charge in [0.15, 0.2) is 5.75 Å². The highest BCUT2D eigenvalue weighted by atomic mass is 19.1. The average Bonchev–Trinajstić information content (AvgIpc) is 2.74. The molecule has 2 rings (SSSR count). The van der Waals surface area contributed by atoms with Crippen molar-refractivity contribution in [1.82, 2.24) is 9.78 Å². The van der Waals surface area contributed by atoms with E-state index in [0.29, 0.717) is 5.75 Å². The lowest BCUT2D eigenvalue weighted by molar-refractivity contribution is 0.0696. The van der Waals surface area contributed by atoms with E-state index >= 15 is 0 Å². The van der Waals surface area contributed by atoms with Gasteiger partial charge in [0, 0.05) is 12.6 Å². The first kappa shape index (κ1) is 12.1. The number of aromatic carboxylic acids is 1. The fraction of sp³-hybridized carbons (Fsp3) is 0.167. The third kappa shape index (κ3) is 2.65. The molecule has 18 heavy (non-hydrogen) atoms. The van der Waals surface area contributed by atoms with Crippen molar-refractivity contribution < 1.29 is 19.0 Å². The topological polar surface area (TPSA) is 64.3 Å². The Labute approximate surface area is 102 Å². The van der Waals surface area contributed by atoms with Crippen molar-refractivity contribution in [3.05, 3.63) is 47.5 Å².